The molecule has 1 rings (SSSR count). The SMILES string of the molecule is C=C/C=C(\C=C/CCl)OCC(=O)N(CC(=O)O)Cc1cccc(Br)c1. The number of nitrogens with zero attached hydrogens (tertiary/aromatic N) is 1. The lowest BCUT2D eigenvalue weighted by Gasteiger charge is -2.21. The molecule has 0 heterocycles. The smallest absolute Gasteiger partial charge is 0.323 e. The Balaban J connectivity index is 2.79. The molecular weight excluding hydrogens is 410 g/mol. The standard InChI is InChI=1S/C18H19BrClNO4/c1-2-5-16(8-4-9-20)25-13-17(22)21(12-18(23)24)11-14-6-3-7-15(19)10-14/h2-8,10H,1,9,11-13H2,(H,23,24)/b8-4-,16-5+. The van der Waals surface area contributed by atoms with E-state index in [0.29, 0.717) is 11.6 Å². The number of halogens is 2. The van der Waals surface area contributed by atoms with E-state index in [1.54, 1.807) is 18.2 Å². The van der Waals surface area contributed by atoms with Gasteiger partial charge in [0, 0.05) is 16.9 Å². The van der Waals surface area contributed by atoms with Crippen molar-refractivity contribution in [2.75, 3.05) is 19.0 Å². The third kappa shape index (κ3) is 8.56. The van der Waals surface area contributed by atoms with Gasteiger partial charge in [0.25, 0.3) is 5.91 Å². The Morgan fingerprint density at radius 1 is 1.40 bits per heavy atom. The van der Waals surface area contributed by atoms with Gasteiger partial charge in [-0.2, -0.15) is 0 Å². The van der Waals surface area contributed by atoms with Crippen molar-refractivity contribution in [3.05, 3.63) is 70.9 Å². The Bertz CT molecular complexity index is 673. The average molecular weight is 429 g/mol. The molecule has 7 heteroatoms. The fraction of sp³-hybridized carbons (Fsp3) is 0.222. The third-order valence-electron chi connectivity index (χ3n) is 2.96. The maximum atomic E-state index is 12.4. The van der Waals surface area contributed by atoms with E-state index in [1.807, 2.05) is 24.3 Å². The van der Waals surface area contributed by atoms with Crippen molar-refractivity contribution in [1.29, 1.82) is 0 Å². The van der Waals surface area contributed by atoms with E-state index in [-0.39, 0.29) is 13.2 Å². The summed E-state index contributed by atoms with van der Waals surface area (Å²) in [6.07, 6.45) is 6.40. The molecule has 0 radical (unpaired) electrons. The second-order valence-electron chi connectivity index (χ2n) is 4.92. The van der Waals surface area contributed by atoms with Crippen LogP contribution in [0.3, 0.4) is 0 Å². The van der Waals surface area contributed by atoms with E-state index in [2.05, 4.69) is 22.5 Å². The van der Waals surface area contributed by atoms with Crippen LogP contribution in [0, 0.1) is 0 Å². The number of carboxylic acid groups (broad SMARTS) is 1. The molecule has 0 spiro atoms. The summed E-state index contributed by atoms with van der Waals surface area (Å²) in [7, 11) is 0. The molecule has 0 aliphatic heterocycles. The number of carbonyl (C=O) groups is 2. The van der Waals surface area contributed by atoms with Crippen molar-refractivity contribution in [3.8, 4) is 0 Å². The zero-order chi connectivity index (χ0) is 18.7. The molecule has 25 heavy (non-hydrogen) atoms. The average Bonchev–Trinajstić information content (AvgIpc) is 2.56. The van der Waals surface area contributed by atoms with Gasteiger partial charge in [-0.15, -0.1) is 11.6 Å². The first kappa shape index (κ1) is 21.0. The summed E-state index contributed by atoms with van der Waals surface area (Å²) in [5.74, 6) is -0.801. The molecule has 134 valence electrons. The van der Waals surface area contributed by atoms with Gasteiger partial charge in [-0.25, -0.2) is 0 Å². The molecule has 0 saturated heterocycles. The Labute approximate surface area is 160 Å². The second-order valence-corrected chi connectivity index (χ2v) is 6.15. The van der Waals surface area contributed by atoms with Crippen LogP contribution < -0.4 is 0 Å². The van der Waals surface area contributed by atoms with E-state index >= 15 is 0 Å². The zero-order valence-corrected chi connectivity index (χ0v) is 15.9. The lowest BCUT2D eigenvalue weighted by atomic mass is 10.2. The van der Waals surface area contributed by atoms with Crippen LogP contribution in [0.4, 0.5) is 0 Å². The van der Waals surface area contributed by atoms with Gasteiger partial charge in [-0.05, 0) is 29.8 Å². The van der Waals surface area contributed by atoms with Crippen molar-refractivity contribution in [2.45, 2.75) is 6.54 Å². The number of rotatable bonds is 10. The first-order chi connectivity index (χ1) is 12.0. The largest absolute Gasteiger partial charge is 0.484 e. The van der Waals surface area contributed by atoms with Crippen LogP contribution in [0.25, 0.3) is 0 Å². The predicted octanol–water partition coefficient (Wildman–Crippen LogP) is 3.74. The highest BCUT2D eigenvalue weighted by atomic mass is 79.9. The fourth-order valence-corrected chi connectivity index (χ4v) is 2.45. The lowest BCUT2D eigenvalue weighted by Crippen LogP contribution is -2.37. The number of amides is 1. The van der Waals surface area contributed by atoms with Gasteiger partial charge >= 0.3 is 5.97 Å². The summed E-state index contributed by atoms with van der Waals surface area (Å²) in [5, 5.41) is 9.05. The molecular formula is C18H19BrClNO4. The fourth-order valence-electron chi connectivity index (χ4n) is 1.92. The van der Waals surface area contributed by atoms with Crippen molar-refractivity contribution in [2.24, 2.45) is 0 Å². The maximum absolute atomic E-state index is 12.4. The van der Waals surface area contributed by atoms with Crippen molar-refractivity contribution in [1.82, 2.24) is 4.90 Å². The third-order valence-corrected chi connectivity index (χ3v) is 3.63. The van der Waals surface area contributed by atoms with Crippen molar-refractivity contribution >= 4 is 39.4 Å². The summed E-state index contributed by atoms with van der Waals surface area (Å²) in [4.78, 5) is 24.7. The Morgan fingerprint density at radius 2 is 2.16 bits per heavy atom. The number of alkyl halides is 1. The van der Waals surface area contributed by atoms with E-state index in [0.717, 1.165) is 10.0 Å². The normalized spacial score (nSPS) is 11.4. The minimum Gasteiger partial charge on any atom is -0.484 e. The molecule has 0 aromatic heterocycles. The number of allylic oxidation sites excluding steroid dienone is 4. The van der Waals surface area contributed by atoms with Crippen molar-refractivity contribution in [3.63, 3.8) is 0 Å². The van der Waals surface area contributed by atoms with Crippen LogP contribution in [0.2, 0.25) is 0 Å². The highest BCUT2D eigenvalue weighted by Gasteiger charge is 2.18. The molecule has 1 aromatic carbocycles. The van der Waals surface area contributed by atoms with Crippen LogP contribution in [0.15, 0.2) is 65.4 Å². The minimum absolute atomic E-state index is 0.173. The van der Waals surface area contributed by atoms with Gasteiger partial charge in [0.1, 0.15) is 12.3 Å². The van der Waals surface area contributed by atoms with Gasteiger partial charge in [0.2, 0.25) is 0 Å². The summed E-state index contributed by atoms with van der Waals surface area (Å²) in [6.45, 7) is 3.05. The second kappa shape index (κ2) is 11.5. The first-order valence-electron chi connectivity index (χ1n) is 7.38. The Hall–Kier alpha value is -2.05. The predicted molar refractivity (Wildman–Crippen MR) is 101 cm³/mol. The molecule has 0 aliphatic rings. The summed E-state index contributed by atoms with van der Waals surface area (Å²) in [5.41, 5.74) is 0.813. The number of hydrogen-bond acceptors (Lipinski definition) is 3. The zero-order valence-electron chi connectivity index (χ0n) is 13.5. The number of aliphatic carboxylic acids is 1. The number of carboxylic acids is 1. The Morgan fingerprint density at radius 3 is 2.76 bits per heavy atom. The molecule has 0 saturated carbocycles. The quantitative estimate of drug-likeness (QED) is 0.350. The number of ether oxygens (including phenoxy) is 1. The van der Waals surface area contributed by atoms with E-state index < -0.39 is 18.4 Å². The maximum Gasteiger partial charge on any atom is 0.323 e. The highest BCUT2D eigenvalue weighted by Crippen LogP contribution is 2.14. The summed E-state index contributed by atoms with van der Waals surface area (Å²) in [6, 6.07) is 7.32. The molecule has 0 aliphatic carbocycles. The summed E-state index contributed by atoms with van der Waals surface area (Å²) >= 11 is 8.93. The molecule has 1 N–H and O–H groups in total. The van der Waals surface area contributed by atoms with Gasteiger partial charge in [-0.3, -0.25) is 9.59 Å². The monoisotopic (exact) mass is 427 g/mol. The van der Waals surface area contributed by atoms with E-state index in [9.17, 15) is 9.59 Å². The summed E-state index contributed by atoms with van der Waals surface area (Å²) < 4.78 is 6.27. The first-order valence-corrected chi connectivity index (χ1v) is 8.71. The molecule has 1 amide bonds. The number of hydrogen-bond donors (Lipinski definition) is 1. The van der Waals surface area contributed by atoms with E-state index in [1.165, 1.54) is 11.0 Å². The van der Waals surface area contributed by atoms with Crippen LogP contribution in [-0.4, -0.2) is 40.9 Å². The van der Waals surface area contributed by atoms with Gasteiger partial charge in [-0.1, -0.05) is 46.8 Å². The lowest BCUT2D eigenvalue weighted by molar-refractivity contribution is -0.146. The van der Waals surface area contributed by atoms with Gasteiger partial charge < -0.3 is 14.7 Å². The van der Waals surface area contributed by atoms with Gasteiger partial charge in [0.15, 0.2) is 6.61 Å². The van der Waals surface area contributed by atoms with Crippen LogP contribution in [0.5, 0.6) is 0 Å². The highest BCUT2D eigenvalue weighted by molar-refractivity contribution is 9.10. The van der Waals surface area contributed by atoms with Crippen LogP contribution in [0.1, 0.15) is 5.56 Å². The number of carbonyl (C=O) groups excluding carboxylic acids is 1. The van der Waals surface area contributed by atoms with E-state index in [4.69, 9.17) is 21.4 Å². The molecule has 0 unspecified atom stereocenters. The molecule has 0 atom stereocenters. The van der Waals surface area contributed by atoms with Crippen LogP contribution in [-0.2, 0) is 20.9 Å². The van der Waals surface area contributed by atoms with Crippen molar-refractivity contribution < 1.29 is 19.4 Å². The van der Waals surface area contributed by atoms with Gasteiger partial charge in [0.05, 0.1) is 0 Å². The topological polar surface area (TPSA) is 66.8 Å². The molecule has 0 fully saturated rings. The Kier molecular flexibility index (Phi) is 9.65. The van der Waals surface area contributed by atoms with Crippen LogP contribution >= 0.6 is 27.5 Å². The minimum atomic E-state index is -1.09. The molecule has 0 bridgehead atoms. The molecule has 5 nitrogen and oxygen atoms in total. The number of benzene rings is 1. The molecule has 1 aromatic rings.